The maximum Gasteiger partial charge on any atom is 0.472 e. The zero-order valence-corrected chi connectivity index (χ0v) is 35.4. The summed E-state index contributed by atoms with van der Waals surface area (Å²) < 4.78 is 32.5. The molecular weight excluding hydrogens is 749 g/mol. The van der Waals surface area contributed by atoms with E-state index in [9.17, 15) is 28.9 Å². The molecule has 0 fully saturated rings. The first-order chi connectivity index (χ1) is 27.5. The lowest BCUT2D eigenvalue weighted by Gasteiger charge is -2.20. The van der Waals surface area contributed by atoms with E-state index in [1.54, 1.807) is 6.08 Å². The lowest BCUT2D eigenvalue weighted by molar-refractivity contribution is -0.161. The summed E-state index contributed by atoms with van der Waals surface area (Å²) in [5.41, 5.74) is 5.32. The van der Waals surface area contributed by atoms with Crippen molar-refractivity contribution in [2.75, 3.05) is 19.8 Å². The second-order valence-corrected chi connectivity index (χ2v) is 15.0. The molecule has 4 atom stereocenters. The summed E-state index contributed by atoms with van der Waals surface area (Å²) in [7, 11) is -4.75. The second-order valence-electron chi connectivity index (χ2n) is 13.6. The van der Waals surface area contributed by atoms with Crippen LogP contribution in [0.3, 0.4) is 0 Å². The summed E-state index contributed by atoms with van der Waals surface area (Å²) in [5.74, 6) is -2.53. The Kier molecular flexibility index (Phi) is 35.9. The van der Waals surface area contributed by atoms with Gasteiger partial charge in [-0.15, -0.1) is 0 Å². The Hall–Kier alpha value is -3.38. The molecule has 1 unspecified atom stereocenters. The van der Waals surface area contributed by atoms with Crippen LogP contribution in [0, 0.1) is 0 Å². The molecule has 0 aromatic rings. The molecule has 0 heterocycles. The highest BCUT2D eigenvalue weighted by Gasteiger charge is 2.28. The van der Waals surface area contributed by atoms with Crippen molar-refractivity contribution in [3.05, 3.63) is 85.1 Å². The number of hydrogen-bond acceptors (Lipinski definition) is 10. The van der Waals surface area contributed by atoms with E-state index >= 15 is 0 Å². The minimum Gasteiger partial charge on any atom is -0.480 e. The number of carboxylic acid groups (broad SMARTS) is 1. The highest BCUT2D eigenvalue weighted by Crippen LogP contribution is 2.43. The van der Waals surface area contributed by atoms with Gasteiger partial charge in [0, 0.05) is 12.8 Å². The van der Waals surface area contributed by atoms with Gasteiger partial charge in [0.2, 0.25) is 0 Å². The van der Waals surface area contributed by atoms with Crippen molar-refractivity contribution < 1.29 is 52.6 Å². The average Bonchev–Trinajstić information content (AvgIpc) is 3.18. The summed E-state index contributed by atoms with van der Waals surface area (Å²) in [6.45, 7) is 2.48. The van der Waals surface area contributed by atoms with Crippen LogP contribution in [0.5, 0.6) is 0 Å². The van der Waals surface area contributed by atoms with E-state index in [1.807, 2.05) is 36.5 Å². The SMILES string of the molecule is CC/C=C\C/C=C\C/C=C\CCCCCCCC(=O)O[C@H](COC(=O)CCC/C=C\C/C=C\C=C\[C@H](O)C/C=C\CCCCC)COP(=O)(O)OC[C@H](N)C(=O)O. The van der Waals surface area contributed by atoms with Gasteiger partial charge in [-0.25, -0.2) is 4.57 Å². The molecule has 0 aromatic carbocycles. The first-order valence-electron chi connectivity index (χ1n) is 20.7. The Morgan fingerprint density at radius 2 is 1.21 bits per heavy atom. The van der Waals surface area contributed by atoms with Crippen LogP contribution in [-0.4, -0.2) is 71.1 Å². The van der Waals surface area contributed by atoms with Crippen LogP contribution in [0.25, 0.3) is 0 Å². The average molecular weight is 822 g/mol. The molecule has 13 heteroatoms. The van der Waals surface area contributed by atoms with Crippen LogP contribution >= 0.6 is 7.82 Å². The van der Waals surface area contributed by atoms with Gasteiger partial charge in [-0.05, 0) is 77.0 Å². The van der Waals surface area contributed by atoms with Gasteiger partial charge in [0.15, 0.2) is 6.10 Å². The number of esters is 2. The molecule has 0 amide bonds. The molecule has 0 aliphatic carbocycles. The number of rotatable bonds is 37. The van der Waals surface area contributed by atoms with Crippen molar-refractivity contribution >= 4 is 25.7 Å². The highest BCUT2D eigenvalue weighted by molar-refractivity contribution is 7.47. The number of ether oxygens (including phenoxy) is 2. The summed E-state index contributed by atoms with van der Waals surface area (Å²) in [6, 6.07) is -1.55. The third-order valence-electron chi connectivity index (χ3n) is 8.21. The number of aliphatic carboxylic acids is 1. The lowest BCUT2D eigenvalue weighted by atomic mass is 10.1. The molecule has 0 aromatic heterocycles. The topological polar surface area (TPSA) is 192 Å². The summed E-state index contributed by atoms with van der Waals surface area (Å²) in [6.07, 6.45) is 42.5. The van der Waals surface area contributed by atoms with E-state index in [2.05, 4.69) is 60.9 Å². The van der Waals surface area contributed by atoms with Crippen molar-refractivity contribution in [3.63, 3.8) is 0 Å². The maximum absolute atomic E-state index is 12.6. The molecule has 0 aliphatic rings. The number of carboxylic acids is 1. The molecular formula is C44H72NO11P. The molecule has 0 spiro atoms. The number of aliphatic hydroxyl groups excluding tert-OH is 1. The summed E-state index contributed by atoms with van der Waals surface area (Å²) in [5, 5.41) is 18.9. The minimum atomic E-state index is -4.75. The van der Waals surface area contributed by atoms with E-state index in [4.69, 9.17) is 24.8 Å². The third kappa shape index (κ3) is 37.9. The van der Waals surface area contributed by atoms with Crippen LogP contribution in [0.15, 0.2) is 85.1 Å². The van der Waals surface area contributed by atoms with E-state index in [-0.39, 0.29) is 12.8 Å². The fourth-order valence-corrected chi connectivity index (χ4v) is 5.70. The van der Waals surface area contributed by atoms with E-state index in [1.165, 1.54) is 19.3 Å². The normalized spacial score (nSPS) is 15.2. The Morgan fingerprint density at radius 3 is 1.89 bits per heavy atom. The van der Waals surface area contributed by atoms with E-state index < -0.39 is 63.8 Å². The van der Waals surface area contributed by atoms with Gasteiger partial charge in [-0.2, -0.15) is 0 Å². The molecule has 5 N–H and O–H groups in total. The molecule has 0 rings (SSSR count). The van der Waals surface area contributed by atoms with Crippen LogP contribution in [-0.2, 0) is 37.5 Å². The molecule has 57 heavy (non-hydrogen) atoms. The van der Waals surface area contributed by atoms with Crippen molar-refractivity contribution in [1.29, 1.82) is 0 Å². The Bertz CT molecular complexity index is 1300. The smallest absolute Gasteiger partial charge is 0.472 e. The predicted octanol–water partition coefficient (Wildman–Crippen LogP) is 9.69. The predicted molar refractivity (Wildman–Crippen MR) is 227 cm³/mol. The van der Waals surface area contributed by atoms with Crippen LogP contribution < -0.4 is 5.73 Å². The largest absolute Gasteiger partial charge is 0.480 e. The lowest BCUT2D eigenvalue weighted by Crippen LogP contribution is -2.34. The number of carbonyl (C=O) groups is 3. The number of allylic oxidation sites excluding steroid dienone is 12. The first kappa shape index (κ1) is 53.6. The van der Waals surface area contributed by atoms with Gasteiger partial charge in [0.1, 0.15) is 12.6 Å². The van der Waals surface area contributed by atoms with Crippen molar-refractivity contribution in [3.8, 4) is 0 Å². The molecule has 0 radical (unpaired) electrons. The maximum atomic E-state index is 12.6. The highest BCUT2D eigenvalue weighted by atomic mass is 31.2. The van der Waals surface area contributed by atoms with Crippen LogP contribution in [0.1, 0.15) is 136 Å². The Balaban J connectivity index is 4.59. The molecule has 0 bridgehead atoms. The van der Waals surface area contributed by atoms with E-state index in [0.29, 0.717) is 32.1 Å². The fourth-order valence-electron chi connectivity index (χ4n) is 4.92. The molecule has 324 valence electrons. The number of aliphatic hydroxyl groups is 1. The van der Waals surface area contributed by atoms with Gasteiger partial charge in [-0.1, -0.05) is 131 Å². The number of nitrogens with two attached hydrogens (primary N) is 1. The monoisotopic (exact) mass is 821 g/mol. The standard InChI is InChI=1S/C44H72NO11P/c1-3-5-7-9-11-12-13-14-15-16-17-18-23-27-31-35-43(48)56-40(37-54-57(51,52)55-38-41(45)44(49)50)36-53-42(47)34-30-26-22-20-19-21-25-29-33-39(46)32-28-24-10-8-6-4-2/h5,7,11-12,14-15,20-22,24-25,28-29,33,39-41,46H,3-4,6,8-10,13,16-19,23,26-27,30-32,34-38,45H2,1-2H3,(H,49,50)(H,51,52)/b7-5-,12-11-,15-14-,22-20-,25-21-,28-24-,33-29+/t39-,40-,41+/m1/s1. The van der Waals surface area contributed by atoms with E-state index in [0.717, 1.165) is 57.8 Å². The van der Waals surface area contributed by atoms with Gasteiger partial charge >= 0.3 is 25.7 Å². The van der Waals surface area contributed by atoms with Gasteiger partial charge < -0.3 is 30.3 Å². The summed E-state index contributed by atoms with van der Waals surface area (Å²) in [4.78, 5) is 45.9. The van der Waals surface area contributed by atoms with Gasteiger partial charge in [-0.3, -0.25) is 23.4 Å². The fraction of sp³-hybridized carbons (Fsp3) is 0.614. The van der Waals surface area contributed by atoms with Gasteiger partial charge in [0.05, 0.1) is 19.3 Å². The zero-order chi connectivity index (χ0) is 42.2. The molecule has 0 saturated carbocycles. The van der Waals surface area contributed by atoms with Crippen molar-refractivity contribution in [2.45, 2.75) is 154 Å². The Morgan fingerprint density at radius 1 is 0.649 bits per heavy atom. The van der Waals surface area contributed by atoms with Gasteiger partial charge in [0.25, 0.3) is 0 Å². The molecule has 0 aliphatic heterocycles. The zero-order valence-electron chi connectivity index (χ0n) is 34.5. The number of phosphoric ester groups is 1. The number of phosphoric acid groups is 1. The van der Waals surface area contributed by atoms with Crippen LogP contribution in [0.4, 0.5) is 0 Å². The number of hydrogen-bond donors (Lipinski definition) is 4. The molecule has 0 saturated heterocycles. The summed E-state index contributed by atoms with van der Waals surface area (Å²) >= 11 is 0. The number of unbranched alkanes of at least 4 members (excludes halogenated alkanes) is 9. The second kappa shape index (κ2) is 38.2. The van der Waals surface area contributed by atoms with Crippen molar-refractivity contribution in [1.82, 2.24) is 0 Å². The quantitative estimate of drug-likeness (QED) is 0.0153. The molecule has 12 nitrogen and oxygen atoms in total. The Labute approximate surface area is 342 Å². The first-order valence-corrected chi connectivity index (χ1v) is 22.2. The third-order valence-corrected chi connectivity index (χ3v) is 9.16. The number of carbonyl (C=O) groups excluding carboxylic acids is 2. The minimum absolute atomic E-state index is 0.105. The van der Waals surface area contributed by atoms with Crippen LogP contribution in [0.2, 0.25) is 0 Å². The van der Waals surface area contributed by atoms with Crippen molar-refractivity contribution in [2.24, 2.45) is 5.73 Å².